The van der Waals surface area contributed by atoms with Crippen molar-refractivity contribution in [3.63, 3.8) is 0 Å². The zero-order valence-corrected chi connectivity index (χ0v) is 17.1. The van der Waals surface area contributed by atoms with Gasteiger partial charge in [0.25, 0.3) is 0 Å². The molecule has 3 heteroatoms. The Labute approximate surface area is 145 Å². The van der Waals surface area contributed by atoms with Crippen LogP contribution in [-0.4, -0.2) is 70.6 Å². The topological polar surface area (TPSA) is 9.72 Å². The van der Waals surface area contributed by atoms with Gasteiger partial charge in [-0.3, -0.25) is 14.7 Å². The maximum Gasteiger partial charge on any atom is 0.0183 e. The minimum atomic E-state index is 0.314. The van der Waals surface area contributed by atoms with Gasteiger partial charge in [0.2, 0.25) is 0 Å². The highest BCUT2D eigenvalue weighted by Gasteiger charge is 2.40. The summed E-state index contributed by atoms with van der Waals surface area (Å²) >= 11 is 0. The minimum absolute atomic E-state index is 0.314. The summed E-state index contributed by atoms with van der Waals surface area (Å²) in [4.78, 5) is 8.07. The van der Waals surface area contributed by atoms with Crippen molar-refractivity contribution in [3.05, 3.63) is 0 Å². The van der Waals surface area contributed by atoms with Crippen LogP contribution in [0.15, 0.2) is 0 Å². The maximum atomic E-state index is 2.77. The van der Waals surface area contributed by atoms with Crippen LogP contribution in [0.25, 0.3) is 0 Å². The third-order valence-electron chi connectivity index (χ3n) is 6.49. The van der Waals surface area contributed by atoms with Gasteiger partial charge >= 0.3 is 0 Å². The minimum Gasteiger partial charge on any atom is -0.298 e. The molecule has 2 saturated heterocycles. The van der Waals surface area contributed by atoms with Crippen molar-refractivity contribution < 1.29 is 0 Å². The first-order valence-corrected chi connectivity index (χ1v) is 9.67. The van der Waals surface area contributed by atoms with Crippen LogP contribution < -0.4 is 0 Å². The third-order valence-corrected chi connectivity index (χ3v) is 6.49. The fourth-order valence-corrected chi connectivity index (χ4v) is 4.47. The van der Waals surface area contributed by atoms with Gasteiger partial charge in [0.05, 0.1) is 0 Å². The zero-order chi connectivity index (χ0) is 17.5. The van der Waals surface area contributed by atoms with E-state index in [0.717, 1.165) is 5.92 Å². The number of likely N-dealkylation sites (tertiary alicyclic amines) is 1. The molecule has 0 aromatic carbocycles. The summed E-state index contributed by atoms with van der Waals surface area (Å²) in [6, 6.07) is 0. The lowest BCUT2D eigenvalue weighted by Crippen LogP contribution is -2.61. The van der Waals surface area contributed by atoms with E-state index in [9.17, 15) is 0 Å². The highest BCUT2D eigenvalue weighted by Crippen LogP contribution is 2.35. The average Bonchev–Trinajstić information content (AvgIpc) is 2.46. The number of piperidine rings is 1. The van der Waals surface area contributed by atoms with Crippen LogP contribution in [0.5, 0.6) is 0 Å². The van der Waals surface area contributed by atoms with Crippen LogP contribution in [0.1, 0.15) is 68.2 Å². The summed E-state index contributed by atoms with van der Waals surface area (Å²) in [7, 11) is 0. The predicted octanol–water partition coefficient (Wildman–Crippen LogP) is 3.69. The first-order chi connectivity index (χ1) is 10.4. The van der Waals surface area contributed by atoms with E-state index in [1.54, 1.807) is 0 Å². The zero-order valence-electron chi connectivity index (χ0n) is 17.1. The van der Waals surface area contributed by atoms with Crippen LogP contribution in [0.2, 0.25) is 0 Å². The highest BCUT2D eigenvalue weighted by molar-refractivity contribution is 4.96. The molecule has 0 radical (unpaired) electrons. The summed E-state index contributed by atoms with van der Waals surface area (Å²) in [5.41, 5.74) is 0.982. The van der Waals surface area contributed by atoms with Gasteiger partial charge in [0, 0.05) is 42.8 Å². The molecule has 0 bridgehead atoms. The molecule has 2 fully saturated rings. The Hall–Kier alpha value is -0.120. The van der Waals surface area contributed by atoms with E-state index in [-0.39, 0.29) is 0 Å². The fraction of sp³-hybridized carbons (Fsp3) is 1.00. The standard InChI is InChI=1S/C20H41N3/c1-18(2,3)21-11-9-17(10-12-21)20(7,8)23-15-13-22(14-16-23)19(4,5)6/h17H,9-16H2,1-8H3. The van der Waals surface area contributed by atoms with Crippen LogP contribution in [0.4, 0.5) is 0 Å². The number of rotatable bonds is 2. The molecule has 0 amide bonds. The number of hydrogen-bond donors (Lipinski definition) is 0. The van der Waals surface area contributed by atoms with Crippen LogP contribution >= 0.6 is 0 Å². The molecule has 23 heavy (non-hydrogen) atoms. The summed E-state index contributed by atoms with van der Waals surface area (Å²) in [5, 5.41) is 0. The molecule has 2 aliphatic heterocycles. The first kappa shape index (κ1) is 19.2. The molecular formula is C20H41N3. The van der Waals surface area contributed by atoms with Gasteiger partial charge < -0.3 is 0 Å². The van der Waals surface area contributed by atoms with E-state index in [1.165, 1.54) is 52.1 Å². The Morgan fingerprint density at radius 2 is 0.870 bits per heavy atom. The summed E-state index contributed by atoms with van der Waals surface area (Å²) in [5.74, 6) is 0.835. The summed E-state index contributed by atoms with van der Waals surface area (Å²) < 4.78 is 0. The van der Waals surface area contributed by atoms with Crippen molar-refractivity contribution in [3.8, 4) is 0 Å². The van der Waals surface area contributed by atoms with Gasteiger partial charge in [-0.2, -0.15) is 0 Å². The summed E-state index contributed by atoms with van der Waals surface area (Å²) in [6.45, 7) is 26.5. The molecule has 2 heterocycles. The number of nitrogens with zero attached hydrogens (tertiary/aromatic N) is 3. The van der Waals surface area contributed by atoms with Gasteiger partial charge in [-0.05, 0) is 87.2 Å². The molecule has 0 aliphatic carbocycles. The van der Waals surface area contributed by atoms with Crippen LogP contribution in [0, 0.1) is 5.92 Å². The smallest absolute Gasteiger partial charge is 0.0183 e. The normalized spacial score (nSPS) is 25.0. The van der Waals surface area contributed by atoms with Gasteiger partial charge in [0.1, 0.15) is 0 Å². The van der Waals surface area contributed by atoms with Crippen molar-refractivity contribution >= 4 is 0 Å². The monoisotopic (exact) mass is 323 g/mol. The largest absolute Gasteiger partial charge is 0.298 e. The fourth-order valence-electron chi connectivity index (χ4n) is 4.47. The Morgan fingerprint density at radius 3 is 1.26 bits per heavy atom. The Bertz CT molecular complexity index is 337. The Morgan fingerprint density at radius 1 is 0.522 bits per heavy atom. The van der Waals surface area contributed by atoms with Crippen molar-refractivity contribution in [2.45, 2.75) is 84.8 Å². The van der Waals surface area contributed by atoms with E-state index in [1.807, 2.05) is 0 Å². The molecule has 0 unspecified atom stereocenters. The molecule has 0 spiro atoms. The van der Waals surface area contributed by atoms with Crippen molar-refractivity contribution in [2.24, 2.45) is 5.92 Å². The molecule has 0 aromatic heterocycles. The molecule has 0 saturated carbocycles. The van der Waals surface area contributed by atoms with Crippen molar-refractivity contribution in [1.82, 2.24) is 14.7 Å². The third kappa shape index (κ3) is 4.49. The Balaban J connectivity index is 1.91. The molecule has 136 valence electrons. The first-order valence-electron chi connectivity index (χ1n) is 9.67. The van der Waals surface area contributed by atoms with E-state index in [4.69, 9.17) is 0 Å². The predicted molar refractivity (Wildman–Crippen MR) is 101 cm³/mol. The lowest BCUT2D eigenvalue weighted by atomic mass is 9.78. The van der Waals surface area contributed by atoms with Crippen LogP contribution in [0.3, 0.4) is 0 Å². The van der Waals surface area contributed by atoms with E-state index in [2.05, 4.69) is 70.1 Å². The molecule has 0 atom stereocenters. The second kappa shape index (κ2) is 6.65. The number of piperazine rings is 1. The van der Waals surface area contributed by atoms with Crippen molar-refractivity contribution in [1.29, 1.82) is 0 Å². The lowest BCUT2D eigenvalue weighted by Gasteiger charge is -2.52. The van der Waals surface area contributed by atoms with E-state index < -0.39 is 0 Å². The van der Waals surface area contributed by atoms with Gasteiger partial charge in [-0.25, -0.2) is 0 Å². The van der Waals surface area contributed by atoms with Crippen LogP contribution in [-0.2, 0) is 0 Å². The van der Waals surface area contributed by atoms with E-state index in [0.29, 0.717) is 16.6 Å². The highest BCUT2D eigenvalue weighted by atomic mass is 15.3. The molecule has 2 rings (SSSR count). The van der Waals surface area contributed by atoms with Crippen molar-refractivity contribution in [2.75, 3.05) is 39.3 Å². The quantitative estimate of drug-likeness (QED) is 0.767. The maximum absolute atomic E-state index is 2.77. The number of hydrogen-bond acceptors (Lipinski definition) is 3. The molecular weight excluding hydrogens is 282 g/mol. The average molecular weight is 324 g/mol. The second-order valence-corrected chi connectivity index (χ2v) is 10.2. The Kier molecular flexibility index (Phi) is 5.55. The second-order valence-electron chi connectivity index (χ2n) is 10.2. The summed E-state index contributed by atoms with van der Waals surface area (Å²) in [6.07, 6.45) is 2.70. The SMILES string of the molecule is CC(C)(C)N1CCC(C(C)(C)N2CCN(C(C)(C)C)CC2)CC1. The molecule has 2 aliphatic rings. The lowest BCUT2D eigenvalue weighted by molar-refractivity contribution is -0.0318. The van der Waals surface area contributed by atoms with Gasteiger partial charge in [-0.1, -0.05) is 0 Å². The van der Waals surface area contributed by atoms with Gasteiger partial charge in [-0.15, -0.1) is 0 Å². The molecule has 0 aromatic rings. The molecule has 0 N–H and O–H groups in total. The van der Waals surface area contributed by atoms with Gasteiger partial charge in [0.15, 0.2) is 0 Å². The van der Waals surface area contributed by atoms with E-state index >= 15 is 0 Å². The molecule has 3 nitrogen and oxygen atoms in total.